The van der Waals surface area contributed by atoms with Crippen LogP contribution in [0.1, 0.15) is 16.3 Å². The van der Waals surface area contributed by atoms with Crippen molar-refractivity contribution in [2.24, 2.45) is 5.73 Å². The van der Waals surface area contributed by atoms with Crippen LogP contribution in [0.25, 0.3) is 0 Å². The number of hydrogen-bond acceptors (Lipinski definition) is 5. The van der Waals surface area contributed by atoms with Crippen molar-refractivity contribution in [3.8, 4) is 5.88 Å². The molecule has 0 aliphatic rings. The summed E-state index contributed by atoms with van der Waals surface area (Å²) < 4.78 is 5.02. The van der Waals surface area contributed by atoms with E-state index < -0.39 is 0 Å². The zero-order chi connectivity index (χ0) is 12.1. The van der Waals surface area contributed by atoms with E-state index in [-0.39, 0.29) is 0 Å². The first-order valence-corrected chi connectivity index (χ1v) is 6.32. The second kappa shape index (κ2) is 5.75. The van der Waals surface area contributed by atoms with Gasteiger partial charge in [0, 0.05) is 30.5 Å². The Labute approximate surface area is 104 Å². The smallest absolute Gasteiger partial charge is 0.212 e. The molecule has 0 bridgehead atoms. The summed E-state index contributed by atoms with van der Waals surface area (Å²) in [7, 11) is 1.61. The van der Waals surface area contributed by atoms with E-state index in [0.717, 1.165) is 29.1 Å². The summed E-state index contributed by atoms with van der Waals surface area (Å²) >= 11 is 1.67. The van der Waals surface area contributed by atoms with Gasteiger partial charge in [0.2, 0.25) is 5.88 Å². The molecule has 2 N–H and O–H groups in total. The van der Waals surface area contributed by atoms with Gasteiger partial charge in [-0.2, -0.15) is 0 Å². The fourth-order valence-electron chi connectivity index (χ4n) is 1.50. The molecule has 5 heteroatoms. The highest BCUT2D eigenvalue weighted by Gasteiger charge is 2.03. The lowest BCUT2D eigenvalue weighted by Crippen LogP contribution is -2.02. The first kappa shape index (κ1) is 12.0. The number of methoxy groups -OCH3 is 1. The van der Waals surface area contributed by atoms with Gasteiger partial charge in [-0.1, -0.05) is 6.07 Å². The van der Waals surface area contributed by atoms with Gasteiger partial charge in [-0.05, 0) is 12.1 Å². The zero-order valence-corrected chi connectivity index (χ0v) is 10.5. The molecule has 4 nitrogen and oxygen atoms in total. The minimum absolute atomic E-state index is 0.636. The molecule has 2 aromatic heterocycles. The predicted molar refractivity (Wildman–Crippen MR) is 68.5 cm³/mol. The molecule has 0 radical (unpaired) electrons. The Kier molecular flexibility index (Phi) is 4.06. The highest BCUT2D eigenvalue weighted by molar-refractivity contribution is 7.09. The van der Waals surface area contributed by atoms with Crippen molar-refractivity contribution in [3.05, 3.63) is 40.0 Å². The molecule has 2 aromatic rings. The van der Waals surface area contributed by atoms with E-state index in [1.165, 1.54) is 0 Å². The van der Waals surface area contributed by atoms with Crippen LogP contribution in [0, 0.1) is 0 Å². The Morgan fingerprint density at radius 3 is 2.94 bits per heavy atom. The molecule has 90 valence electrons. The lowest BCUT2D eigenvalue weighted by Gasteiger charge is -2.00. The topological polar surface area (TPSA) is 61.0 Å². The normalized spacial score (nSPS) is 10.5. The minimum Gasteiger partial charge on any atom is -0.481 e. The maximum atomic E-state index is 5.50. The number of nitrogens with zero attached hydrogens (tertiary/aromatic N) is 2. The Morgan fingerprint density at radius 1 is 1.41 bits per heavy atom. The molecule has 2 rings (SSSR count). The molecule has 0 amide bonds. The van der Waals surface area contributed by atoms with Crippen molar-refractivity contribution in [2.75, 3.05) is 13.7 Å². The van der Waals surface area contributed by atoms with Gasteiger partial charge < -0.3 is 10.5 Å². The fraction of sp³-hybridized carbons (Fsp3) is 0.333. The van der Waals surface area contributed by atoms with Crippen molar-refractivity contribution in [2.45, 2.75) is 12.8 Å². The number of pyridine rings is 1. The highest BCUT2D eigenvalue weighted by Crippen LogP contribution is 2.16. The summed E-state index contributed by atoms with van der Waals surface area (Å²) in [6.45, 7) is 0.646. The first-order valence-electron chi connectivity index (χ1n) is 5.44. The molecule has 0 aliphatic carbocycles. The van der Waals surface area contributed by atoms with Crippen LogP contribution in [0.3, 0.4) is 0 Å². The molecule has 0 saturated carbocycles. The van der Waals surface area contributed by atoms with Crippen LogP contribution in [0.5, 0.6) is 5.88 Å². The average Bonchev–Trinajstić information content (AvgIpc) is 2.78. The summed E-state index contributed by atoms with van der Waals surface area (Å²) in [5, 5.41) is 3.17. The Bertz CT molecular complexity index is 467. The molecule has 0 spiro atoms. The third-order valence-corrected chi connectivity index (χ3v) is 3.26. The number of hydrogen-bond donors (Lipinski definition) is 1. The molecule has 17 heavy (non-hydrogen) atoms. The second-order valence-electron chi connectivity index (χ2n) is 3.66. The fourth-order valence-corrected chi connectivity index (χ4v) is 2.37. The number of aromatic nitrogens is 2. The van der Waals surface area contributed by atoms with E-state index in [4.69, 9.17) is 10.5 Å². The van der Waals surface area contributed by atoms with Gasteiger partial charge in [0.05, 0.1) is 17.8 Å². The third kappa shape index (κ3) is 3.25. The van der Waals surface area contributed by atoms with E-state index >= 15 is 0 Å². The Balaban J connectivity index is 2.03. The number of rotatable bonds is 5. The molecule has 0 aromatic carbocycles. The standard InChI is InChI=1S/C12H15N3OS/c1-16-11-3-2-9(7-14-11)6-12-15-10(4-5-13)8-17-12/h2-3,7-8H,4-6,13H2,1H3. The summed E-state index contributed by atoms with van der Waals surface area (Å²) in [6.07, 6.45) is 3.48. The van der Waals surface area contributed by atoms with Crippen molar-refractivity contribution in [1.29, 1.82) is 0 Å². The average molecular weight is 249 g/mol. The van der Waals surface area contributed by atoms with Crippen molar-refractivity contribution in [1.82, 2.24) is 9.97 Å². The van der Waals surface area contributed by atoms with E-state index in [2.05, 4.69) is 15.3 Å². The lowest BCUT2D eigenvalue weighted by atomic mass is 10.2. The maximum Gasteiger partial charge on any atom is 0.212 e. The molecular weight excluding hydrogens is 234 g/mol. The number of ether oxygens (including phenoxy) is 1. The summed E-state index contributed by atoms with van der Waals surface area (Å²) in [6, 6.07) is 3.87. The SMILES string of the molecule is COc1ccc(Cc2nc(CCN)cs2)cn1. The van der Waals surface area contributed by atoms with Gasteiger partial charge in [0.15, 0.2) is 0 Å². The summed E-state index contributed by atoms with van der Waals surface area (Å²) in [5.74, 6) is 0.636. The summed E-state index contributed by atoms with van der Waals surface area (Å²) in [5.41, 5.74) is 7.71. The third-order valence-electron chi connectivity index (χ3n) is 2.36. The van der Waals surface area contributed by atoms with E-state index in [1.807, 2.05) is 18.3 Å². The molecule has 0 unspecified atom stereocenters. The minimum atomic E-state index is 0.636. The highest BCUT2D eigenvalue weighted by atomic mass is 32.1. The Hall–Kier alpha value is -1.46. The molecular formula is C12H15N3OS. The summed E-state index contributed by atoms with van der Waals surface area (Å²) in [4.78, 5) is 8.69. The quantitative estimate of drug-likeness (QED) is 0.875. The number of thiazole rings is 1. The van der Waals surface area contributed by atoms with Crippen LogP contribution in [-0.4, -0.2) is 23.6 Å². The van der Waals surface area contributed by atoms with Gasteiger partial charge >= 0.3 is 0 Å². The zero-order valence-electron chi connectivity index (χ0n) is 9.72. The van der Waals surface area contributed by atoms with E-state index in [1.54, 1.807) is 18.4 Å². The van der Waals surface area contributed by atoms with Crippen LogP contribution in [-0.2, 0) is 12.8 Å². The van der Waals surface area contributed by atoms with Gasteiger partial charge in [0.25, 0.3) is 0 Å². The molecule has 0 saturated heterocycles. The van der Waals surface area contributed by atoms with E-state index in [0.29, 0.717) is 12.4 Å². The molecule has 0 fully saturated rings. The van der Waals surface area contributed by atoms with E-state index in [9.17, 15) is 0 Å². The van der Waals surface area contributed by atoms with Gasteiger partial charge in [-0.3, -0.25) is 0 Å². The van der Waals surface area contributed by atoms with Crippen molar-refractivity contribution < 1.29 is 4.74 Å². The molecule has 0 aliphatic heterocycles. The lowest BCUT2D eigenvalue weighted by molar-refractivity contribution is 0.397. The first-order chi connectivity index (χ1) is 8.31. The van der Waals surface area contributed by atoms with Crippen molar-refractivity contribution in [3.63, 3.8) is 0 Å². The van der Waals surface area contributed by atoms with Gasteiger partial charge in [-0.15, -0.1) is 11.3 Å². The monoisotopic (exact) mass is 249 g/mol. The molecule has 2 heterocycles. The van der Waals surface area contributed by atoms with Gasteiger partial charge in [0.1, 0.15) is 0 Å². The van der Waals surface area contributed by atoms with Gasteiger partial charge in [-0.25, -0.2) is 9.97 Å². The van der Waals surface area contributed by atoms with Crippen LogP contribution >= 0.6 is 11.3 Å². The Morgan fingerprint density at radius 2 is 2.29 bits per heavy atom. The predicted octanol–water partition coefficient (Wildman–Crippen LogP) is 1.64. The van der Waals surface area contributed by atoms with Crippen LogP contribution in [0.15, 0.2) is 23.7 Å². The maximum absolute atomic E-state index is 5.50. The second-order valence-corrected chi connectivity index (χ2v) is 4.60. The largest absolute Gasteiger partial charge is 0.481 e. The van der Waals surface area contributed by atoms with Crippen LogP contribution in [0.4, 0.5) is 0 Å². The van der Waals surface area contributed by atoms with Crippen LogP contribution in [0.2, 0.25) is 0 Å². The molecule has 0 atom stereocenters. The van der Waals surface area contributed by atoms with Crippen LogP contribution < -0.4 is 10.5 Å². The van der Waals surface area contributed by atoms with Crippen molar-refractivity contribution >= 4 is 11.3 Å². The number of nitrogens with two attached hydrogens (primary N) is 1.